The molecule has 0 aliphatic heterocycles. The Morgan fingerprint density at radius 1 is 0.314 bits per heavy atom. The van der Waals surface area contributed by atoms with Crippen molar-refractivity contribution in [3.05, 3.63) is 289 Å². The molecule has 14 rings (SSSR count). The average Bonchev–Trinajstić information content (AvgIpc) is 4.08. The molecule has 0 bridgehead atoms. The van der Waals surface area contributed by atoms with Crippen molar-refractivity contribution in [3.63, 3.8) is 0 Å². The molecule has 1 aliphatic rings. The van der Waals surface area contributed by atoms with Gasteiger partial charge in [0.25, 0.3) is 0 Å². The van der Waals surface area contributed by atoms with E-state index in [1.165, 1.54) is 92.0 Å². The van der Waals surface area contributed by atoms with Crippen molar-refractivity contribution in [3.8, 4) is 39.1 Å². The van der Waals surface area contributed by atoms with Crippen molar-refractivity contribution in [1.29, 1.82) is 0 Å². The minimum absolute atomic E-state index is 0.469. The molecule has 328 valence electrons. The molecule has 0 saturated heterocycles. The van der Waals surface area contributed by atoms with E-state index in [-0.39, 0.29) is 0 Å². The quantitative estimate of drug-likeness (QED) is 0.147. The van der Waals surface area contributed by atoms with E-state index in [1.54, 1.807) is 0 Å². The van der Waals surface area contributed by atoms with Crippen LogP contribution in [0.4, 0.5) is 17.1 Å². The Kier molecular flexibility index (Phi) is 9.33. The molecule has 0 unspecified atom stereocenters. The average molecular weight is 909 g/mol. The standard InChI is InChI=1S/C67H44N2S/c1-2-16-49(17-3-1)67(61-24-9-4-19-55(61)56-20-5-10-25-62(56)67)50-34-40-53(41-35-50)68(52-38-31-46(32-39-52)48-33-42-66-60(44-48)59-23-8-13-28-65(59)70-66)51-36-29-45(30-37-51)47-15-14-18-54(43-47)69-63-26-11-6-21-57(63)58-22-7-12-27-64(58)69/h1-44H. The molecule has 2 aromatic heterocycles. The van der Waals surface area contributed by atoms with Gasteiger partial charge in [-0.3, -0.25) is 0 Å². The van der Waals surface area contributed by atoms with Crippen LogP contribution in [0.1, 0.15) is 22.3 Å². The van der Waals surface area contributed by atoms with Crippen LogP contribution in [0.3, 0.4) is 0 Å². The smallest absolute Gasteiger partial charge is 0.0713 e. The second-order valence-corrected chi connectivity index (χ2v) is 19.5. The number of hydrogen-bond acceptors (Lipinski definition) is 2. The molecule has 11 aromatic carbocycles. The maximum atomic E-state index is 2.40. The van der Waals surface area contributed by atoms with Crippen molar-refractivity contribution in [2.45, 2.75) is 5.41 Å². The van der Waals surface area contributed by atoms with Crippen LogP contribution in [0.15, 0.2) is 267 Å². The maximum absolute atomic E-state index is 2.40. The highest BCUT2D eigenvalue weighted by Crippen LogP contribution is 2.56. The summed E-state index contributed by atoms with van der Waals surface area (Å²) in [6.45, 7) is 0. The monoisotopic (exact) mass is 908 g/mol. The third-order valence-corrected chi connectivity index (χ3v) is 15.8. The normalized spacial score (nSPS) is 12.7. The Morgan fingerprint density at radius 3 is 1.41 bits per heavy atom. The lowest BCUT2D eigenvalue weighted by Crippen LogP contribution is -2.28. The van der Waals surface area contributed by atoms with Crippen LogP contribution < -0.4 is 4.90 Å². The number of benzene rings is 11. The number of fused-ring (bicyclic) bond motifs is 9. The molecule has 0 fully saturated rings. The van der Waals surface area contributed by atoms with Gasteiger partial charge in [-0.2, -0.15) is 0 Å². The van der Waals surface area contributed by atoms with E-state index in [0.717, 1.165) is 28.3 Å². The van der Waals surface area contributed by atoms with Crippen LogP contribution in [0.2, 0.25) is 0 Å². The Hall–Kier alpha value is -8.76. The van der Waals surface area contributed by atoms with Gasteiger partial charge in [0.05, 0.1) is 16.4 Å². The van der Waals surface area contributed by atoms with E-state index in [1.807, 2.05) is 11.3 Å². The summed E-state index contributed by atoms with van der Waals surface area (Å²) in [4.78, 5) is 2.40. The fraction of sp³-hybridized carbons (Fsp3) is 0.0149. The maximum Gasteiger partial charge on any atom is 0.0713 e. The number of hydrogen-bond donors (Lipinski definition) is 0. The predicted octanol–water partition coefficient (Wildman–Crippen LogP) is 18.3. The van der Waals surface area contributed by atoms with Crippen LogP contribution >= 0.6 is 11.3 Å². The Bertz CT molecular complexity index is 4010. The lowest BCUT2D eigenvalue weighted by molar-refractivity contribution is 0.768. The summed E-state index contributed by atoms with van der Waals surface area (Å²) in [5.41, 5.74) is 18.8. The van der Waals surface area contributed by atoms with Gasteiger partial charge in [-0.25, -0.2) is 0 Å². The topological polar surface area (TPSA) is 8.17 Å². The van der Waals surface area contributed by atoms with Gasteiger partial charge < -0.3 is 9.47 Å². The summed E-state index contributed by atoms with van der Waals surface area (Å²) < 4.78 is 5.03. The summed E-state index contributed by atoms with van der Waals surface area (Å²) >= 11 is 1.86. The van der Waals surface area contributed by atoms with E-state index >= 15 is 0 Å². The first-order chi connectivity index (χ1) is 34.7. The highest BCUT2D eigenvalue weighted by atomic mass is 32.1. The van der Waals surface area contributed by atoms with E-state index in [9.17, 15) is 0 Å². The zero-order valence-corrected chi connectivity index (χ0v) is 39.0. The molecule has 0 amide bonds. The number of nitrogens with zero attached hydrogens (tertiary/aromatic N) is 2. The summed E-state index contributed by atoms with van der Waals surface area (Å²) in [6.07, 6.45) is 0. The third-order valence-electron chi connectivity index (χ3n) is 14.7. The molecule has 13 aromatic rings. The van der Waals surface area contributed by atoms with Crippen molar-refractivity contribution >= 4 is 70.4 Å². The van der Waals surface area contributed by atoms with Gasteiger partial charge in [0.2, 0.25) is 0 Å². The molecule has 0 radical (unpaired) electrons. The van der Waals surface area contributed by atoms with Crippen LogP contribution in [-0.2, 0) is 5.41 Å². The zero-order valence-electron chi connectivity index (χ0n) is 38.2. The van der Waals surface area contributed by atoms with Gasteiger partial charge in [0, 0.05) is 53.7 Å². The van der Waals surface area contributed by atoms with Gasteiger partial charge in [-0.05, 0) is 134 Å². The van der Waals surface area contributed by atoms with Gasteiger partial charge in [0.15, 0.2) is 0 Å². The lowest BCUT2D eigenvalue weighted by Gasteiger charge is -2.34. The minimum Gasteiger partial charge on any atom is -0.311 e. The van der Waals surface area contributed by atoms with Crippen molar-refractivity contribution in [1.82, 2.24) is 4.57 Å². The predicted molar refractivity (Wildman–Crippen MR) is 297 cm³/mol. The summed E-state index contributed by atoms with van der Waals surface area (Å²) in [6, 6.07) is 98.5. The summed E-state index contributed by atoms with van der Waals surface area (Å²) in [5.74, 6) is 0. The first-order valence-electron chi connectivity index (χ1n) is 24.1. The Balaban J connectivity index is 0.879. The molecule has 0 saturated carbocycles. The second-order valence-electron chi connectivity index (χ2n) is 18.4. The molecule has 2 nitrogen and oxygen atoms in total. The second kappa shape index (κ2) is 16.2. The van der Waals surface area contributed by atoms with Crippen LogP contribution in [0, 0.1) is 0 Å². The summed E-state index contributed by atoms with van der Waals surface area (Å²) in [7, 11) is 0. The number of anilines is 3. The lowest BCUT2D eigenvalue weighted by atomic mass is 9.68. The van der Waals surface area contributed by atoms with Gasteiger partial charge in [0.1, 0.15) is 0 Å². The molecular formula is C67H44N2S. The van der Waals surface area contributed by atoms with Crippen molar-refractivity contribution in [2.75, 3.05) is 4.90 Å². The molecule has 0 spiro atoms. The van der Waals surface area contributed by atoms with Gasteiger partial charge in [-0.15, -0.1) is 11.3 Å². The molecule has 0 N–H and O–H groups in total. The highest BCUT2D eigenvalue weighted by Gasteiger charge is 2.45. The first-order valence-corrected chi connectivity index (χ1v) is 24.9. The Morgan fingerprint density at radius 2 is 0.786 bits per heavy atom. The van der Waals surface area contributed by atoms with Gasteiger partial charge in [-0.1, -0.05) is 188 Å². The SMILES string of the molecule is c1ccc(C2(c3ccc(N(c4ccc(-c5cccc(-n6c7ccccc7c7ccccc76)c5)cc4)c4ccc(-c5ccc6sc7ccccc7c6c5)cc4)cc3)c3ccccc3-c3ccccc32)cc1. The molecule has 2 heterocycles. The highest BCUT2D eigenvalue weighted by molar-refractivity contribution is 7.25. The fourth-order valence-corrected chi connectivity index (χ4v) is 12.6. The van der Waals surface area contributed by atoms with Gasteiger partial charge >= 0.3 is 0 Å². The van der Waals surface area contributed by atoms with E-state index in [0.29, 0.717) is 0 Å². The first kappa shape index (κ1) is 40.3. The number of rotatable bonds is 8. The number of para-hydroxylation sites is 2. The third kappa shape index (κ3) is 6.25. The van der Waals surface area contributed by atoms with E-state index in [2.05, 4.69) is 276 Å². The molecule has 3 heteroatoms. The van der Waals surface area contributed by atoms with Crippen molar-refractivity contribution in [2.24, 2.45) is 0 Å². The zero-order chi connectivity index (χ0) is 46.2. The summed E-state index contributed by atoms with van der Waals surface area (Å²) in [5, 5.41) is 5.15. The minimum atomic E-state index is -0.469. The Labute approximate surface area is 411 Å². The number of aromatic nitrogens is 1. The molecule has 1 aliphatic carbocycles. The van der Waals surface area contributed by atoms with E-state index in [4.69, 9.17) is 0 Å². The van der Waals surface area contributed by atoms with E-state index < -0.39 is 5.41 Å². The number of thiophene rings is 1. The van der Waals surface area contributed by atoms with Crippen LogP contribution in [-0.4, -0.2) is 4.57 Å². The van der Waals surface area contributed by atoms with Crippen LogP contribution in [0.25, 0.3) is 81.0 Å². The van der Waals surface area contributed by atoms with Crippen LogP contribution in [0.5, 0.6) is 0 Å². The molecule has 70 heavy (non-hydrogen) atoms. The van der Waals surface area contributed by atoms with Crippen molar-refractivity contribution < 1.29 is 0 Å². The largest absolute Gasteiger partial charge is 0.311 e. The molecular weight excluding hydrogens is 865 g/mol. The molecule has 0 atom stereocenters. The fourth-order valence-electron chi connectivity index (χ4n) is 11.6.